The van der Waals surface area contributed by atoms with Gasteiger partial charge in [-0.3, -0.25) is 4.90 Å². The molecular weight excluding hydrogens is 282 g/mol. The number of anilines is 1. The average molecular weight is 305 g/mol. The highest BCUT2D eigenvalue weighted by atomic mass is 16.6. The summed E-state index contributed by atoms with van der Waals surface area (Å²) in [5.41, 5.74) is 0.556. The van der Waals surface area contributed by atoms with Gasteiger partial charge in [0.25, 0.3) is 0 Å². The normalized spacial score (nSPS) is 28.1. The number of rotatable bonds is 2. The van der Waals surface area contributed by atoms with Crippen LogP contribution in [0.3, 0.4) is 0 Å². The van der Waals surface area contributed by atoms with Gasteiger partial charge in [0.1, 0.15) is 11.8 Å². The predicted octanol–water partition coefficient (Wildman–Crippen LogP) is 3.24. The van der Waals surface area contributed by atoms with Gasteiger partial charge in [0.05, 0.1) is 24.6 Å². The quantitative estimate of drug-likeness (QED) is 0.841. The van der Waals surface area contributed by atoms with E-state index in [-0.39, 0.29) is 17.9 Å². The van der Waals surface area contributed by atoms with Crippen molar-refractivity contribution < 1.29 is 14.3 Å². The minimum Gasteiger partial charge on any atom is -0.441 e. The molecule has 1 atom stereocenters. The Morgan fingerprint density at radius 2 is 2.05 bits per heavy atom. The highest BCUT2D eigenvalue weighted by Crippen LogP contribution is 2.38. The molecule has 0 radical (unpaired) electrons. The number of carbonyl (C=O) groups is 1. The van der Waals surface area contributed by atoms with E-state index in [0.717, 1.165) is 57.2 Å². The van der Waals surface area contributed by atoms with E-state index in [2.05, 4.69) is 5.10 Å². The standard InChI is InChI=1S/C16H23N3O3/c20-15-18(12-16(22-15)7-3-1-4-8-16)13-10-17-19(11-13)14-6-2-5-9-21-14/h10-11,14H,1-9,12H2. The molecule has 2 aliphatic heterocycles. The van der Waals surface area contributed by atoms with E-state index >= 15 is 0 Å². The van der Waals surface area contributed by atoms with Crippen molar-refractivity contribution in [3.8, 4) is 0 Å². The third kappa shape index (κ3) is 2.49. The van der Waals surface area contributed by atoms with Crippen molar-refractivity contribution >= 4 is 11.8 Å². The first kappa shape index (κ1) is 14.1. The van der Waals surface area contributed by atoms with Crippen LogP contribution < -0.4 is 4.90 Å². The van der Waals surface area contributed by atoms with Crippen LogP contribution in [0.1, 0.15) is 57.6 Å². The first-order valence-electron chi connectivity index (χ1n) is 8.42. The Hall–Kier alpha value is -1.56. The van der Waals surface area contributed by atoms with Gasteiger partial charge in [-0.25, -0.2) is 9.48 Å². The van der Waals surface area contributed by atoms with Crippen LogP contribution in [-0.4, -0.2) is 34.6 Å². The summed E-state index contributed by atoms with van der Waals surface area (Å²) in [4.78, 5) is 14.0. The average Bonchev–Trinajstić information content (AvgIpc) is 3.14. The fourth-order valence-corrected chi connectivity index (χ4v) is 3.84. The number of amides is 1. The van der Waals surface area contributed by atoms with Crippen LogP contribution in [0.5, 0.6) is 0 Å². The number of aromatic nitrogens is 2. The summed E-state index contributed by atoms with van der Waals surface area (Å²) in [6, 6.07) is 0. The number of nitrogens with zero attached hydrogens (tertiary/aromatic N) is 3. The first-order chi connectivity index (χ1) is 10.8. The summed E-state index contributed by atoms with van der Waals surface area (Å²) in [5.74, 6) is 0. The zero-order chi connectivity index (χ0) is 15.0. The van der Waals surface area contributed by atoms with Gasteiger partial charge in [-0.2, -0.15) is 5.10 Å². The Bertz CT molecular complexity index is 545. The molecule has 1 aromatic rings. The van der Waals surface area contributed by atoms with Crippen LogP contribution in [-0.2, 0) is 9.47 Å². The Kier molecular flexibility index (Phi) is 3.56. The van der Waals surface area contributed by atoms with E-state index in [4.69, 9.17) is 9.47 Å². The second-order valence-electron chi connectivity index (χ2n) is 6.70. The van der Waals surface area contributed by atoms with E-state index in [0.29, 0.717) is 6.54 Å². The van der Waals surface area contributed by atoms with Crippen molar-refractivity contribution in [2.45, 2.75) is 63.2 Å². The molecule has 0 N–H and O–H groups in total. The van der Waals surface area contributed by atoms with E-state index in [1.807, 2.05) is 10.9 Å². The van der Waals surface area contributed by atoms with Crippen molar-refractivity contribution in [3.63, 3.8) is 0 Å². The molecule has 1 spiro atoms. The molecule has 22 heavy (non-hydrogen) atoms. The molecule has 0 aromatic carbocycles. The lowest BCUT2D eigenvalue weighted by Gasteiger charge is -2.30. The smallest absolute Gasteiger partial charge is 0.415 e. The molecule has 1 unspecified atom stereocenters. The molecule has 3 aliphatic rings. The molecule has 2 saturated heterocycles. The minimum absolute atomic E-state index is 0.00441. The predicted molar refractivity (Wildman–Crippen MR) is 80.7 cm³/mol. The van der Waals surface area contributed by atoms with Gasteiger partial charge in [-0.05, 0) is 44.9 Å². The summed E-state index contributed by atoms with van der Waals surface area (Å²) in [6.07, 6.45) is 12.2. The molecule has 6 heteroatoms. The Balaban J connectivity index is 1.50. The maximum absolute atomic E-state index is 12.3. The molecule has 120 valence electrons. The third-order valence-corrected chi connectivity index (χ3v) is 5.09. The second-order valence-corrected chi connectivity index (χ2v) is 6.70. The Morgan fingerprint density at radius 3 is 2.82 bits per heavy atom. The Labute approximate surface area is 130 Å². The third-order valence-electron chi connectivity index (χ3n) is 5.09. The highest BCUT2D eigenvalue weighted by molar-refractivity contribution is 5.90. The maximum atomic E-state index is 12.3. The highest BCUT2D eigenvalue weighted by Gasteiger charge is 2.46. The van der Waals surface area contributed by atoms with Crippen molar-refractivity contribution in [2.75, 3.05) is 18.1 Å². The van der Waals surface area contributed by atoms with Crippen molar-refractivity contribution in [1.82, 2.24) is 9.78 Å². The van der Waals surface area contributed by atoms with E-state index in [1.54, 1.807) is 11.1 Å². The minimum atomic E-state index is -0.265. The lowest BCUT2D eigenvalue weighted by atomic mass is 9.85. The van der Waals surface area contributed by atoms with Crippen LogP contribution in [0.25, 0.3) is 0 Å². The lowest BCUT2D eigenvalue weighted by Crippen LogP contribution is -2.36. The summed E-state index contributed by atoms with van der Waals surface area (Å²) in [5, 5.41) is 4.39. The van der Waals surface area contributed by atoms with E-state index in [1.165, 1.54) is 6.42 Å². The monoisotopic (exact) mass is 305 g/mol. The number of ether oxygens (including phenoxy) is 2. The van der Waals surface area contributed by atoms with Crippen molar-refractivity contribution in [2.24, 2.45) is 0 Å². The molecule has 1 aromatic heterocycles. The van der Waals surface area contributed by atoms with Gasteiger partial charge in [-0.1, -0.05) is 6.42 Å². The lowest BCUT2D eigenvalue weighted by molar-refractivity contribution is -0.0394. The van der Waals surface area contributed by atoms with Gasteiger partial charge in [-0.15, -0.1) is 0 Å². The van der Waals surface area contributed by atoms with Crippen LogP contribution in [0.2, 0.25) is 0 Å². The SMILES string of the molecule is O=C1OC2(CCCCC2)CN1c1cnn(C2CCCCO2)c1. The van der Waals surface area contributed by atoms with Crippen LogP contribution in [0, 0.1) is 0 Å². The molecule has 3 fully saturated rings. The molecule has 3 heterocycles. The summed E-state index contributed by atoms with van der Waals surface area (Å²) in [6.45, 7) is 1.44. The van der Waals surface area contributed by atoms with Crippen molar-refractivity contribution in [3.05, 3.63) is 12.4 Å². The van der Waals surface area contributed by atoms with E-state index in [9.17, 15) is 4.79 Å². The summed E-state index contributed by atoms with van der Waals surface area (Å²) in [7, 11) is 0. The molecule has 4 rings (SSSR count). The van der Waals surface area contributed by atoms with Gasteiger partial charge in [0.2, 0.25) is 0 Å². The number of carbonyl (C=O) groups excluding carboxylic acids is 1. The van der Waals surface area contributed by atoms with Gasteiger partial charge >= 0.3 is 6.09 Å². The zero-order valence-electron chi connectivity index (χ0n) is 12.9. The van der Waals surface area contributed by atoms with Crippen LogP contribution in [0.4, 0.5) is 10.5 Å². The topological polar surface area (TPSA) is 56.6 Å². The maximum Gasteiger partial charge on any atom is 0.415 e. The van der Waals surface area contributed by atoms with Gasteiger partial charge in [0, 0.05) is 6.61 Å². The Morgan fingerprint density at radius 1 is 1.18 bits per heavy atom. The summed E-state index contributed by atoms with van der Waals surface area (Å²) >= 11 is 0. The molecule has 6 nitrogen and oxygen atoms in total. The van der Waals surface area contributed by atoms with Crippen LogP contribution in [0.15, 0.2) is 12.4 Å². The van der Waals surface area contributed by atoms with Crippen molar-refractivity contribution in [1.29, 1.82) is 0 Å². The van der Waals surface area contributed by atoms with E-state index < -0.39 is 0 Å². The molecule has 1 amide bonds. The fraction of sp³-hybridized carbons (Fsp3) is 0.750. The van der Waals surface area contributed by atoms with Gasteiger partial charge in [0.15, 0.2) is 0 Å². The molecule has 1 aliphatic carbocycles. The number of hydrogen-bond donors (Lipinski definition) is 0. The fourth-order valence-electron chi connectivity index (χ4n) is 3.84. The van der Waals surface area contributed by atoms with Gasteiger partial charge < -0.3 is 9.47 Å². The zero-order valence-corrected chi connectivity index (χ0v) is 12.9. The molecule has 1 saturated carbocycles. The first-order valence-corrected chi connectivity index (χ1v) is 8.42. The largest absolute Gasteiger partial charge is 0.441 e. The van der Waals surface area contributed by atoms with Crippen LogP contribution >= 0.6 is 0 Å². The summed E-state index contributed by atoms with van der Waals surface area (Å²) < 4.78 is 13.3. The molecule has 0 bridgehead atoms. The number of hydrogen-bond acceptors (Lipinski definition) is 4. The molecular formula is C16H23N3O3. The second kappa shape index (κ2) is 5.57.